The van der Waals surface area contributed by atoms with E-state index in [2.05, 4.69) is 15.3 Å². The quantitative estimate of drug-likeness (QED) is 0.622. The van der Waals surface area contributed by atoms with Crippen LogP contribution in [-0.2, 0) is 9.84 Å². The minimum Gasteiger partial charge on any atom is -0.488 e. The van der Waals surface area contributed by atoms with Crippen molar-refractivity contribution in [3.05, 3.63) is 48.5 Å². The summed E-state index contributed by atoms with van der Waals surface area (Å²) in [5.41, 5.74) is 0.265. The van der Waals surface area contributed by atoms with Crippen LogP contribution in [-0.4, -0.2) is 52.3 Å². The Morgan fingerprint density at radius 2 is 2.00 bits per heavy atom. The van der Waals surface area contributed by atoms with E-state index in [4.69, 9.17) is 9.47 Å². The Labute approximate surface area is 180 Å². The summed E-state index contributed by atoms with van der Waals surface area (Å²) in [7, 11) is -3.01. The van der Waals surface area contributed by atoms with Gasteiger partial charge in [-0.3, -0.25) is 4.79 Å². The maximum absolute atomic E-state index is 12.7. The molecule has 10 heteroatoms. The van der Waals surface area contributed by atoms with Crippen molar-refractivity contribution in [2.45, 2.75) is 32.2 Å². The number of pyridine rings is 2. The fourth-order valence-electron chi connectivity index (χ4n) is 3.42. The van der Waals surface area contributed by atoms with E-state index in [1.807, 2.05) is 13.8 Å². The zero-order valence-electron chi connectivity index (χ0n) is 17.4. The highest BCUT2D eigenvalue weighted by atomic mass is 32.2. The van der Waals surface area contributed by atoms with Gasteiger partial charge in [-0.05, 0) is 51.0 Å². The third-order valence-electron chi connectivity index (χ3n) is 5.25. The molecule has 164 valence electrons. The molecule has 3 aromatic heterocycles. The third kappa shape index (κ3) is 4.79. The Balaban J connectivity index is 1.51. The second kappa shape index (κ2) is 8.18. The van der Waals surface area contributed by atoms with Crippen molar-refractivity contribution in [2.75, 3.05) is 18.1 Å². The summed E-state index contributed by atoms with van der Waals surface area (Å²) < 4.78 is 36.4. The van der Waals surface area contributed by atoms with Crippen molar-refractivity contribution < 1.29 is 22.7 Å². The average molecular weight is 445 g/mol. The summed E-state index contributed by atoms with van der Waals surface area (Å²) >= 11 is 0. The van der Waals surface area contributed by atoms with E-state index >= 15 is 0 Å². The van der Waals surface area contributed by atoms with Gasteiger partial charge in [0.15, 0.2) is 5.75 Å². The molecular formula is C21H24N4O5S. The largest absolute Gasteiger partial charge is 0.488 e. The van der Waals surface area contributed by atoms with Gasteiger partial charge >= 0.3 is 0 Å². The van der Waals surface area contributed by atoms with Crippen LogP contribution in [0.15, 0.2) is 42.9 Å². The lowest BCUT2D eigenvalue weighted by Gasteiger charge is -2.34. The lowest BCUT2D eigenvalue weighted by atomic mass is 9.95. The molecule has 1 amide bonds. The Morgan fingerprint density at radius 1 is 1.23 bits per heavy atom. The molecule has 1 fully saturated rings. The van der Waals surface area contributed by atoms with Gasteiger partial charge < -0.3 is 19.2 Å². The normalized spacial score (nSPS) is 17.2. The van der Waals surface area contributed by atoms with Crippen LogP contribution in [0.2, 0.25) is 0 Å². The standard InChI is InChI=1S/C21H24N4O5S/c1-3-29-17-5-4-10-22-20(17)30-15-6-7-18-23-16(14-25(18)13-15)19(26)24-21(2)8-11-31(27,28)12-9-21/h4-7,10,13-14H,3,8-9,11-12H2,1-2H3,(H,24,26). The molecule has 0 saturated carbocycles. The smallest absolute Gasteiger partial charge is 0.271 e. The van der Waals surface area contributed by atoms with Crippen LogP contribution in [0.1, 0.15) is 37.2 Å². The molecule has 1 aliphatic heterocycles. The number of hydrogen-bond acceptors (Lipinski definition) is 7. The van der Waals surface area contributed by atoms with E-state index in [9.17, 15) is 13.2 Å². The van der Waals surface area contributed by atoms with Crippen LogP contribution < -0.4 is 14.8 Å². The first kappa shape index (κ1) is 21.1. The maximum Gasteiger partial charge on any atom is 0.271 e. The molecule has 3 aromatic rings. The fraction of sp³-hybridized carbons (Fsp3) is 0.381. The highest BCUT2D eigenvalue weighted by molar-refractivity contribution is 7.91. The first-order chi connectivity index (χ1) is 14.8. The Hall–Kier alpha value is -3.14. The van der Waals surface area contributed by atoms with Crippen molar-refractivity contribution >= 4 is 21.4 Å². The average Bonchev–Trinajstić information content (AvgIpc) is 3.16. The Kier molecular flexibility index (Phi) is 5.57. The molecule has 0 radical (unpaired) electrons. The van der Waals surface area contributed by atoms with Gasteiger partial charge in [0.1, 0.15) is 26.9 Å². The van der Waals surface area contributed by atoms with E-state index in [1.165, 1.54) is 0 Å². The summed E-state index contributed by atoms with van der Waals surface area (Å²) in [6.07, 6.45) is 5.71. The van der Waals surface area contributed by atoms with Gasteiger partial charge in [0.05, 0.1) is 24.3 Å². The molecule has 0 aliphatic carbocycles. The third-order valence-corrected chi connectivity index (χ3v) is 6.90. The zero-order valence-corrected chi connectivity index (χ0v) is 18.2. The van der Waals surface area contributed by atoms with Gasteiger partial charge in [0, 0.05) is 17.9 Å². The number of carbonyl (C=O) groups is 1. The molecule has 0 unspecified atom stereocenters. The van der Waals surface area contributed by atoms with Crippen molar-refractivity contribution in [2.24, 2.45) is 0 Å². The molecule has 0 aromatic carbocycles. The monoisotopic (exact) mass is 444 g/mol. The molecule has 1 aliphatic rings. The van der Waals surface area contributed by atoms with Gasteiger partial charge in [-0.25, -0.2) is 18.4 Å². The summed E-state index contributed by atoms with van der Waals surface area (Å²) in [5, 5.41) is 2.95. The summed E-state index contributed by atoms with van der Waals surface area (Å²) in [5.74, 6) is 1.22. The first-order valence-corrected chi connectivity index (χ1v) is 11.9. The lowest BCUT2D eigenvalue weighted by Crippen LogP contribution is -2.51. The number of imidazole rings is 1. The maximum atomic E-state index is 12.7. The SMILES string of the molecule is CCOc1cccnc1Oc1ccc2nc(C(=O)NC3(C)CCS(=O)(=O)CC3)cn2c1. The summed E-state index contributed by atoms with van der Waals surface area (Å²) in [6, 6.07) is 7.02. The van der Waals surface area contributed by atoms with Crippen molar-refractivity contribution in [3.8, 4) is 17.4 Å². The highest BCUT2D eigenvalue weighted by Crippen LogP contribution is 2.29. The minimum atomic E-state index is -3.01. The van der Waals surface area contributed by atoms with E-state index < -0.39 is 15.4 Å². The van der Waals surface area contributed by atoms with Crippen molar-refractivity contribution in [1.29, 1.82) is 0 Å². The van der Waals surface area contributed by atoms with E-state index in [-0.39, 0.29) is 23.1 Å². The fourth-order valence-corrected chi connectivity index (χ4v) is 5.15. The topological polar surface area (TPSA) is 112 Å². The van der Waals surface area contributed by atoms with Gasteiger partial charge in [0.2, 0.25) is 0 Å². The molecule has 0 spiro atoms. The number of sulfone groups is 1. The van der Waals surface area contributed by atoms with Crippen LogP contribution in [0.3, 0.4) is 0 Å². The van der Waals surface area contributed by atoms with Gasteiger partial charge in [-0.15, -0.1) is 0 Å². The second-order valence-corrected chi connectivity index (χ2v) is 10.1. The number of carbonyl (C=O) groups excluding carboxylic acids is 1. The Morgan fingerprint density at radius 3 is 2.74 bits per heavy atom. The molecule has 1 saturated heterocycles. The van der Waals surface area contributed by atoms with Crippen molar-refractivity contribution in [1.82, 2.24) is 19.7 Å². The molecule has 1 N–H and O–H groups in total. The first-order valence-electron chi connectivity index (χ1n) is 10.0. The molecule has 4 heterocycles. The number of fused-ring (bicyclic) bond motifs is 1. The number of nitrogens with one attached hydrogen (secondary N) is 1. The number of hydrogen-bond donors (Lipinski definition) is 1. The number of aromatic nitrogens is 3. The lowest BCUT2D eigenvalue weighted by molar-refractivity contribution is 0.0895. The van der Waals surface area contributed by atoms with Gasteiger partial charge in [-0.2, -0.15) is 0 Å². The van der Waals surface area contributed by atoms with Crippen molar-refractivity contribution in [3.63, 3.8) is 0 Å². The predicted octanol–water partition coefficient (Wildman–Crippen LogP) is 2.62. The summed E-state index contributed by atoms with van der Waals surface area (Å²) in [4.78, 5) is 21.3. The number of ether oxygens (including phenoxy) is 2. The Bertz CT molecular complexity index is 1210. The predicted molar refractivity (Wildman–Crippen MR) is 114 cm³/mol. The summed E-state index contributed by atoms with van der Waals surface area (Å²) in [6.45, 7) is 4.24. The van der Waals surface area contributed by atoms with Gasteiger partial charge in [-0.1, -0.05) is 0 Å². The number of nitrogens with zero attached hydrogens (tertiary/aromatic N) is 3. The van der Waals surface area contributed by atoms with E-state index in [0.29, 0.717) is 42.5 Å². The molecule has 9 nitrogen and oxygen atoms in total. The zero-order chi connectivity index (χ0) is 22.1. The van der Waals surface area contributed by atoms with Crippen LogP contribution >= 0.6 is 0 Å². The van der Waals surface area contributed by atoms with Crippen LogP contribution in [0, 0.1) is 0 Å². The molecule has 31 heavy (non-hydrogen) atoms. The number of amides is 1. The van der Waals surface area contributed by atoms with Gasteiger partial charge in [0.25, 0.3) is 11.8 Å². The molecule has 0 bridgehead atoms. The van der Waals surface area contributed by atoms with Crippen LogP contribution in [0.4, 0.5) is 0 Å². The molecular weight excluding hydrogens is 420 g/mol. The molecule has 0 atom stereocenters. The van der Waals surface area contributed by atoms with Crippen LogP contribution in [0.25, 0.3) is 5.65 Å². The second-order valence-electron chi connectivity index (χ2n) is 7.76. The van der Waals surface area contributed by atoms with E-state index in [0.717, 1.165) is 0 Å². The van der Waals surface area contributed by atoms with Crippen LogP contribution in [0.5, 0.6) is 17.4 Å². The molecule has 4 rings (SSSR count). The number of rotatable bonds is 6. The van der Waals surface area contributed by atoms with E-state index in [1.54, 1.807) is 47.3 Å². The highest BCUT2D eigenvalue weighted by Gasteiger charge is 2.35. The minimum absolute atomic E-state index is 0.0763.